The summed E-state index contributed by atoms with van der Waals surface area (Å²) in [4.78, 5) is 18.1. The van der Waals surface area contributed by atoms with Crippen LogP contribution >= 0.6 is 15.9 Å². The van der Waals surface area contributed by atoms with Crippen molar-refractivity contribution in [3.8, 4) is 0 Å². The zero-order chi connectivity index (χ0) is 20.4. The van der Waals surface area contributed by atoms with Crippen molar-refractivity contribution in [2.75, 3.05) is 30.0 Å². The van der Waals surface area contributed by atoms with Crippen molar-refractivity contribution < 1.29 is 19.7 Å². The molecule has 0 bridgehead atoms. The molecule has 9 nitrogen and oxygen atoms in total. The summed E-state index contributed by atoms with van der Waals surface area (Å²) >= 11 is 3.45. The van der Waals surface area contributed by atoms with Gasteiger partial charge in [-0.3, -0.25) is 4.90 Å². The lowest BCUT2D eigenvalue weighted by Crippen LogP contribution is -2.38. The largest absolute Gasteiger partial charge is 0.465 e. The van der Waals surface area contributed by atoms with Gasteiger partial charge in [-0.15, -0.1) is 0 Å². The van der Waals surface area contributed by atoms with Crippen molar-refractivity contribution >= 4 is 39.3 Å². The van der Waals surface area contributed by atoms with Gasteiger partial charge in [0.25, 0.3) is 0 Å². The highest BCUT2D eigenvalue weighted by molar-refractivity contribution is 9.10. The standard InChI is InChI=1S/C19H26BrN5O4/c20-13-10-21-25-17(24(19(27)28)11-12-5-7-29-8-6-12)9-16(23-18(13)25)22-14-3-1-2-4-15(14)26/h9-10,12,14-15,26H,1-8,11H2,(H,22,23)(H,27,28)/t14-,15+/m0/s1. The Bertz CT molecular complexity index is 870. The number of carbonyl (C=O) groups is 1. The highest BCUT2D eigenvalue weighted by Crippen LogP contribution is 2.29. The van der Waals surface area contributed by atoms with E-state index >= 15 is 0 Å². The van der Waals surface area contributed by atoms with E-state index < -0.39 is 12.2 Å². The molecule has 0 aromatic carbocycles. The fraction of sp³-hybridized carbons (Fsp3) is 0.632. The van der Waals surface area contributed by atoms with Crippen LogP contribution in [0.25, 0.3) is 5.65 Å². The SMILES string of the molecule is O=C(O)N(CC1CCOCC1)c1cc(N[C@H]2CCCC[C@H]2O)nc2c(Br)cnn12. The highest BCUT2D eigenvalue weighted by Gasteiger charge is 2.27. The summed E-state index contributed by atoms with van der Waals surface area (Å²) in [6, 6.07) is 1.61. The molecule has 3 N–H and O–H groups in total. The minimum atomic E-state index is -1.03. The third kappa shape index (κ3) is 4.49. The van der Waals surface area contributed by atoms with Gasteiger partial charge in [0, 0.05) is 25.8 Å². The van der Waals surface area contributed by atoms with Gasteiger partial charge in [-0.2, -0.15) is 9.61 Å². The number of halogens is 1. The second-order valence-electron chi connectivity index (χ2n) is 7.78. The average molecular weight is 468 g/mol. The molecule has 2 atom stereocenters. The maximum absolute atomic E-state index is 12.1. The third-order valence-corrected chi connectivity index (χ3v) is 6.32. The zero-order valence-electron chi connectivity index (χ0n) is 16.1. The number of nitrogens with zero attached hydrogens (tertiary/aromatic N) is 4. The molecule has 2 fully saturated rings. The minimum Gasteiger partial charge on any atom is -0.465 e. The van der Waals surface area contributed by atoms with Crippen LogP contribution in [0.15, 0.2) is 16.7 Å². The molecule has 3 heterocycles. The van der Waals surface area contributed by atoms with Crippen molar-refractivity contribution in [1.29, 1.82) is 0 Å². The van der Waals surface area contributed by atoms with Gasteiger partial charge in [-0.1, -0.05) is 12.8 Å². The Morgan fingerprint density at radius 3 is 2.79 bits per heavy atom. The summed E-state index contributed by atoms with van der Waals surface area (Å²) in [6.07, 6.45) is 5.49. The Balaban J connectivity index is 1.68. The predicted octanol–water partition coefficient (Wildman–Crippen LogP) is 3.12. The molecule has 1 amide bonds. The van der Waals surface area contributed by atoms with Crippen LogP contribution in [0.3, 0.4) is 0 Å². The van der Waals surface area contributed by atoms with Gasteiger partial charge in [0.05, 0.1) is 22.8 Å². The summed E-state index contributed by atoms with van der Waals surface area (Å²) in [5.41, 5.74) is 0.536. The average Bonchev–Trinajstić information content (AvgIpc) is 3.09. The summed E-state index contributed by atoms with van der Waals surface area (Å²) in [7, 11) is 0. The molecule has 158 valence electrons. The van der Waals surface area contributed by atoms with E-state index in [0.29, 0.717) is 41.5 Å². The fourth-order valence-electron chi connectivity index (χ4n) is 4.11. The molecule has 0 unspecified atom stereocenters. The number of fused-ring (bicyclic) bond motifs is 1. The first kappa shape index (κ1) is 20.4. The van der Waals surface area contributed by atoms with Crippen LogP contribution in [0.1, 0.15) is 38.5 Å². The Hall–Kier alpha value is -1.91. The van der Waals surface area contributed by atoms with Crippen LogP contribution in [0, 0.1) is 5.92 Å². The summed E-state index contributed by atoms with van der Waals surface area (Å²) in [5.74, 6) is 1.21. The number of nitrogens with one attached hydrogen (secondary N) is 1. The number of amides is 1. The molecule has 2 aromatic heterocycles. The van der Waals surface area contributed by atoms with Crippen molar-refractivity contribution in [2.45, 2.75) is 50.7 Å². The fourth-order valence-corrected chi connectivity index (χ4v) is 4.46. The van der Waals surface area contributed by atoms with Crippen LogP contribution in [0.5, 0.6) is 0 Å². The van der Waals surface area contributed by atoms with Gasteiger partial charge in [-0.25, -0.2) is 9.78 Å². The maximum Gasteiger partial charge on any atom is 0.413 e. The third-order valence-electron chi connectivity index (χ3n) is 5.76. The molecule has 29 heavy (non-hydrogen) atoms. The first-order valence-electron chi connectivity index (χ1n) is 10.1. The van der Waals surface area contributed by atoms with Gasteiger partial charge in [0.1, 0.15) is 11.6 Å². The minimum absolute atomic E-state index is 0.0954. The Morgan fingerprint density at radius 2 is 2.07 bits per heavy atom. The lowest BCUT2D eigenvalue weighted by atomic mass is 9.92. The summed E-state index contributed by atoms with van der Waals surface area (Å²) in [5, 5.41) is 27.9. The quantitative estimate of drug-likeness (QED) is 0.618. The highest BCUT2D eigenvalue weighted by atomic mass is 79.9. The van der Waals surface area contributed by atoms with Gasteiger partial charge in [-0.05, 0) is 47.5 Å². The number of rotatable bonds is 5. The molecule has 1 saturated carbocycles. The molecule has 1 aliphatic carbocycles. The molecule has 10 heteroatoms. The van der Waals surface area contributed by atoms with Gasteiger partial charge in [0.2, 0.25) is 0 Å². The normalized spacial score (nSPS) is 23.2. The molecule has 2 aliphatic rings. The van der Waals surface area contributed by atoms with E-state index in [9.17, 15) is 15.0 Å². The number of aliphatic hydroxyl groups excluding tert-OH is 1. The second-order valence-corrected chi connectivity index (χ2v) is 8.63. The number of aliphatic hydroxyl groups is 1. The lowest BCUT2D eigenvalue weighted by Gasteiger charge is -2.30. The molecular weight excluding hydrogens is 442 g/mol. The van der Waals surface area contributed by atoms with E-state index in [4.69, 9.17) is 4.74 Å². The van der Waals surface area contributed by atoms with Crippen molar-refractivity contribution in [2.24, 2.45) is 5.92 Å². The smallest absolute Gasteiger partial charge is 0.413 e. The Morgan fingerprint density at radius 1 is 1.31 bits per heavy atom. The number of aromatic nitrogens is 3. The summed E-state index contributed by atoms with van der Waals surface area (Å²) < 4.78 is 7.63. The van der Waals surface area contributed by atoms with Crippen LogP contribution in [-0.2, 0) is 4.74 Å². The van der Waals surface area contributed by atoms with E-state index in [-0.39, 0.29) is 12.0 Å². The van der Waals surface area contributed by atoms with E-state index in [1.54, 1.807) is 16.8 Å². The van der Waals surface area contributed by atoms with Crippen molar-refractivity contribution in [3.05, 3.63) is 16.7 Å². The topological polar surface area (TPSA) is 112 Å². The number of carboxylic acid groups (broad SMARTS) is 1. The lowest BCUT2D eigenvalue weighted by molar-refractivity contribution is 0.0680. The van der Waals surface area contributed by atoms with Crippen molar-refractivity contribution in [1.82, 2.24) is 14.6 Å². The van der Waals surface area contributed by atoms with Crippen molar-refractivity contribution in [3.63, 3.8) is 0 Å². The Kier molecular flexibility index (Phi) is 6.21. The summed E-state index contributed by atoms with van der Waals surface area (Å²) in [6.45, 7) is 1.69. The van der Waals surface area contributed by atoms with E-state index in [1.165, 1.54) is 4.90 Å². The van der Waals surface area contributed by atoms with Crippen LogP contribution in [-0.4, -0.2) is 62.8 Å². The van der Waals surface area contributed by atoms with Gasteiger partial charge in [0.15, 0.2) is 5.65 Å². The molecular formula is C19H26BrN5O4. The molecule has 0 spiro atoms. The van der Waals surface area contributed by atoms with E-state index in [0.717, 1.165) is 38.5 Å². The maximum atomic E-state index is 12.1. The number of hydrogen-bond acceptors (Lipinski definition) is 6. The molecule has 0 radical (unpaired) electrons. The van der Waals surface area contributed by atoms with Gasteiger partial charge >= 0.3 is 6.09 Å². The molecule has 4 rings (SSSR count). The van der Waals surface area contributed by atoms with Gasteiger partial charge < -0.3 is 20.3 Å². The molecule has 1 aliphatic heterocycles. The van der Waals surface area contributed by atoms with Crippen LogP contribution in [0.2, 0.25) is 0 Å². The van der Waals surface area contributed by atoms with Crippen LogP contribution in [0.4, 0.5) is 16.4 Å². The molecule has 2 aromatic rings. The number of anilines is 2. The first-order chi connectivity index (χ1) is 14.0. The number of hydrogen-bond donors (Lipinski definition) is 3. The number of ether oxygens (including phenoxy) is 1. The van der Waals surface area contributed by atoms with Crippen LogP contribution < -0.4 is 10.2 Å². The Labute approximate surface area is 177 Å². The first-order valence-corrected chi connectivity index (χ1v) is 10.9. The monoisotopic (exact) mass is 467 g/mol. The second kappa shape index (κ2) is 8.85. The predicted molar refractivity (Wildman–Crippen MR) is 111 cm³/mol. The zero-order valence-corrected chi connectivity index (χ0v) is 17.7. The molecule has 1 saturated heterocycles. The van der Waals surface area contributed by atoms with E-state index in [2.05, 4.69) is 31.3 Å². The van der Waals surface area contributed by atoms with E-state index in [1.807, 2.05) is 0 Å².